The summed E-state index contributed by atoms with van der Waals surface area (Å²) in [5, 5.41) is 4.65. The lowest BCUT2D eigenvalue weighted by atomic mass is 9.77. The molecular weight excluding hydrogens is 369 g/mol. The van der Waals surface area contributed by atoms with Gasteiger partial charge in [0.1, 0.15) is 0 Å². The minimum atomic E-state index is 0.382. The molecule has 1 nitrogen and oxygen atoms in total. The molecule has 2 aromatic carbocycles. The summed E-state index contributed by atoms with van der Waals surface area (Å²) in [7, 11) is 2.02. The van der Waals surface area contributed by atoms with E-state index in [2.05, 4.69) is 45.5 Å². The number of hydrogen-bond donors (Lipinski definition) is 1. The Kier molecular flexibility index (Phi) is 4.60. The maximum atomic E-state index is 6.19. The summed E-state index contributed by atoms with van der Waals surface area (Å²) in [4.78, 5) is 0. The SMILES string of the molecule is CN[C@@H]1CC[C@@H](c2ccc(Cl)c(Cl)c2)c2ccc(Br)cc21. The highest BCUT2D eigenvalue weighted by molar-refractivity contribution is 9.10. The van der Waals surface area contributed by atoms with Crippen molar-refractivity contribution in [1.29, 1.82) is 0 Å². The molecule has 21 heavy (non-hydrogen) atoms. The zero-order valence-corrected chi connectivity index (χ0v) is 14.8. The van der Waals surface area contributed by atoms with Crippen LogP contribution >= 0.6 is 39.1 Å². The molecule has 0 heterocycles. The van der Waals surface area contributed by atoms with Crippen molar-refractivity contribution in [2.24, 2.45) is 0 Å². The zero-order chi connectivity index (χ0) is 15.0. The highest BCUT2D eigenvalue weighted by atomic mass is 79.9. The fraction of sp³-hybridized carbons (Fsp3) is 0.294. The first-order chi connectivity index (χ1) is 10.1. The lowest BCUT2D eigenvalue weighted by Gasteiger charge is -2.32. The number of halogens is 3. The standard InChI is InChI=1S/C17H16BrCl2N/c1-21-17-7-5-12(10-2-6-15(19)16(20)8-10)13-4-3-11(18)9-14(13)17/h2-4,6,8-9,12,17,21H,5,7H2,1H3/t12-,17+/m0/s1. The number of benzene rings is 2. The van der Waals surface area contributed by atoms with Crippen molar-refractivity contribution < 1.29 is 0 Å². The molecule has 1 N–H and O–H groups in total. The Morgan fingerprint density at radius 3 is 2.52 bits per heavy atom. The lowest BCUT2D eigenvalue weighted by molar-refractivity contribution is 0.470. The molecule has 0 spiro atoms. The highest BCUT2D eigenvalue weighted by Gasteiger charge is 2.27. The van der Waals surface area contributed by atoms with Crippen LogP contribution in [0.1, 0.15) is 41.5 Å². The van der Waals surface area contributed by atoms with Crippen molar-refractivity contribution >= 4 is 39.1 Å². The maximum absolute atomic E-state index is 6.19. The molecule has 3 rings (SSSR count). The molecular formula is C17H16BrCl2N. The molecule has 2 atom stereocenters. The Morgan fingerprint density at radius 2 is 1.81 bits per heavy atom. The second-order valence-corrected chi connectivity index (χ2v) is 7.15. The van der Waals surface area contributed by atoms with Crippen molar-refractivity contribution in [3.8, 4) is 0 Å². The Labute approximate surface area is 143 Å². The summed E-state index contributed by atoms with van der Waals surface area (Å²) >= 11 is 15.8. The third-order valence-electron chi connectivity index (χ3n) is 4.24. The van der Waals surface area contributed by atoms with Crippen LogP contribution in [0.5, 0.6) is 0 Å². The summed E-state index contributed by atoms with van der Waals surface area (Å²) in [6.07, 6.45) is 2.23. The largest absolute Gasteiger partial charge is 0.313 e. The van der Waals surface area contributed by atoms with Gasteiger partial charge in [0.2, 0.25) is 0 Å². The molecule has 0 aliphatic heterocycles. The fourth-order valence-corrected chi connectivity index (χ4v) is 3.87. The van der Waals surface area contributed by atoms with Crippen molar-refractivity contribution in [1.82, 2.24) is 5.32 Å². The average Bonchev–Trinajstić information content (AvgIpc) is 2.49. The van der Waals surface area contributed by atoms with E-state index >= 15 is 0 Å². The first-order valence-electron chi connectivity index (χ1n) is 7.01. The molecule has 110 valence electrons. The van der Waals surface area contributed by atoms with E-state index in [1.807, 2.05) is 19.2 Å². The van der Waals surface area contributed by atoms with Gasteiger partial charge in [-0.3, -0.25) is 0 Å². The van der Waals surface area contributed by atoms with Gasteiger partial charge in [-0.2, -0.15) is 0 Å². The summed E-state index contributed by atoms with van der Waals surface area (Å²) in [6, 6.07) is 12.9. The van der Waals surface area contributed by atoms with Crippen LogP contribution in [-0.4, -0.2) is 7.05 Å². The summed E-state index contributed by atoms with van der Waals surface area (Å²) in [5.74, 6) is 0.382. The predicted octanol–water partition coefficient (Wildman–Crippen LogP) is 5.94. The van der Waals surface area contributed by atoms with Gasteiger partial charge in [-0.05, 0) is 60.8 Å². The van der Waals surface area contributed by atoms with Crippen LogP contribution in [0.4, 0.5) is 0 Å². The zero-order valence-electron chi connectivity index (χ0n) is 11.7. The molecule has 0 bridgehead atoms. The summed E-state index contributed by atoms with van der Waals surface area (Å²) in [5.41, 5.74) is 3.99. The van der Waals surface area contributed by atoms with Crippen LogP contribution in [0, 0.1) is 0 Å². The average molecular weight is 385 g/mol. The summed E-state index contributed by atoms with van der Waals surface area (Å²) in [6.45, 7) is 0. The van der Waals surface area contributed by atoms with Crippen molar-refractivity contribution in [3.05, 3.63) is 67.6 Å². The van der Waals surface area contributed by atoms with Gasteiger partial charge in [0.15, 0.2) is 0 Å². The first kappa shape index (κ1) is 15.4. The Hall–Kier alpha value is -0.540. The molecule has 0 saturated heterocycles. The van der Waals surface area contributed by atoms with Crippen molar-refractivity contribution in [2.75, 3.05) is 7.05 Å². The van der Waals surface area contributed by atoms with Crippen molar-refractivity contribution in [2.45, 2.75) is 24.8 Å². The molecule has 2 aromatic rings. The third kappa shape index (κ3) is 3.00. The van der Waals surface area contributed by atoms with Crippen LogP contribution < -0.4 is 5.32 Å². The highest BCUT2D eigenvalue weighted by Crippen LogP contribution is 2.43. The molecule has 0 amide bonds. The first-order valence-corrected chi connectivity index (χ1v) is 8.56. The van der Waals surface area contributed by atoms with Crippen LogP contribution in [0.25, 0.3) is 0 Å². The molecule has 0 aromatic heterocycles. The van der Waals surface area contributed by atoms with Gasteiger partial charge >= 0.3 is 0 Å². The second kappa shape index (κ2) is 6.29. The Bertz CT molecular complexity index is 672. The van der Waals surface area contributed by atoms with Gasteiger partial charge in [-0.1, -0.05) is 51.3 Å². The van der Waals surface area contributed by atoms with Crippen LogP contribution in [0.2, 0.25) is 10.0 Å². The molecule has 0 fully saturated rings. The quantitative estimate of drug-likeness (QED) is 0.675. The van der Waals surface area contributed by atoms with Crippen LogP contribution in [0.15, 0.2) is 40.9 Å². The van der Waals surface area contributed by atoms with Crippen molar-refractivity contribution in [3.63, 3.8) is 0 Å². The van der Waals surface area contributed by atoms with E-state index in [1.54, 1.807) is 0 Å². The van der Waals surface area contributed by atoms with Gasteiger partial charge in [0.25, 0.3) is 0 Å². The Balaban J connectivity index is 2.07. The van der Waals surface area contributed by atoms with Gasteiger partial charge in [-0.15, -0.1) is 0 Å². The second-order valence-electron chi connectivity index (χ2n) is 5.42. The third-order valence-corrected chi connectivity index (χ3v) is 5.47. The maximum Gasteiger partial charge on any atom is 0.0595 e. The van der Waals surface area contributed by atoms with Gasteiger partial charge in [0.05, 0.1) is 10.0 Å². The minimum absolute atomic E-state index is 0.382. The van der Waals surface area contributed by atoms with Crippen LogP contribution in [0.3, 0.4) is 0 Å². The number of fused-ring (bicyclic) bond motifs is 1. The van der Waals surface area contributed by atoms with Gasteiger partial charge < -0.3 is 5.32 Å². The monoisotopic (exact) mass is 383 g/mol. The van der Waals surface area contributed by atoms with E-state index in [9.17, 15) is 0 Å². The van der Waals surface area contributed by atoms with E-state index in [0.717, 1.165) is 17.3 Å². The molecule has 0 radical (unpaired) electrons. The topological polar surface area (TPSA) is 12.0 Å². The van der Waals surface area contributed by atoms with E-state index in [1.165, 1.54) is 16.7 Å². The van der Waals surface area contributed by atoms with E-state index in [-0.39, 0.29) is 0 Å². The number of nitrogens with one attached hydrogen (secondary N) is 1. The number of rotatable bonds is 2. The lowest BCUT2D eigenvalue weighted by Crippen LogP contribution is -2.24. The van der Waals surface area contributed by atoms with E-state index in [4.69, 9.17) is 23.2 Å². The predicted molar refractivity (Wildman–Crippen MR) is 93.5 cm³/mol. The van der Waals surface area contributed by atoms with Crippen LogP contribution in [-0.2, 0) is 0 Å². The molecule has 0 saturated carbocycles. The van der Waals surface area contributed by atoms with Gasteiger partial charge in [0, 0.05) is 16.4 Å². The summed E-state index contributed by atoms with van der Waals surface area (Å²) < 4.78 is 1.12. The molecule has 0 unspecified atom stereocenters. The minimum Gasteiger partial charge on any atom is -0.313 e. The van der Waals surface area contributed by atoms with E-state index in [0.29, 0.717) is 22.0 Å². The fourth-order valence-electron chi connectivity index (χ4n) is 3.18. The smallest absolute Gasteiger partial charge is 0.0595 e. The van der Waals surface area contributed by atoms with Gasteiger partial charge in [-0.25, -0.2) is 0 Å². The normalized spacial score (nSPS) is 21.1. The molecule has 4 heteroatoms. The number of hydrogen-bond acceptors (Lipinski definition) is 1. The molecule has 1 aliphatic carbocycles. The van der Waals surface area contributed by atoms with E-state index < -0.39 is 0 Å². The Morgan fingerprint density at radius 1 is 1.00 bits per heavy atom. The molecule has 1 aliphatic rings.